The summed E-state index contributed by atoms with van der Waals surface area (Å²) in [7, 11) is 1.84. The van der Waals surface area contributed by atoms with Crippen LogP contribution in [0.4, 0.5) is 36.4 Å². The first-order valence-electron chi connectivity index (χ1n) is 10.00. The Hall–Kier alpha value is -3.18. The van der Waals surface area contributed by atoms with Crippen LogP contribution in [-0.4, -0.2) is 51.0 Å². The summed E-state index contributed by atoms with van der Waals surface area (Å²) in [5.41, 5.74) is 0.283. The van der Waals surface area contributed by atoms with Gasteiger partial charge in [-0.25, -0.2) is 15.0 Å². The Morgan fingerprint density at radius 3 is 2.48 bits per heavy atom. The lowest BCUT2D eigenvalue weighted by atomic mass is 9.87. The van der Waals surface area contributed by atoms with Gasteiger partial charge in [-0.2, -0.15) is 18.2 Å². The number of carbonyl (C=O) groups is 1. The number of nitrogens with one attached hydrogen (secondary N) is 3. The molecule has 12 heteroatoms. The number of rotatable bonds is 5. The van der Waals surface area contributed by atoms with Gasteiger partial charge in [0.15, 0.2) is 11.5 Å². The third kappa shape index (κ3) is 4.19. The zero-order valence-electron chi connectivity index (χ0n) is 17.3. The highest BCUT2D eigenvalue weighted by molar-refractivity contribution is 6.03. The minimum atomic E-state index is -4.50. The molecule has 1 amide bonds. The first-order valence-corrected chi connectivity index (χ1v) is 10.00. The van der Waals surface area contributed by atoms with Crippen LogP contribution in [0.5, 0.6) is 0 Å². The number of alkyl halides is 3. The number of likely N-dealkylation sites (N-methyl/N-ethyl adjacent to an activating group) is 1. The predicted molar refractivity (Wildman–Crippen MR) is 109 cm³/mol. The van der Waals surface area contributed by atoms with Crippen molar-refractivity contribution in [1.29, 1.82) is 0 Å². The Morgan fingerprint density at radius 2 is 1.87 bits per heavy atom. The molecule has 1 aliphatic carbocycles. The highest BCUT2D eigenvalue weighted by atomic mass is 19.4. The number of hydrogen-bond donors (Lipinski definition) is 3. The van der Waals surface area contributed by atoms with E-state index >= 15 is 0 Å². The summed E-state index contributed by atoms with van der Waals surface area (Å²) in [4.78, 5) is 30.3. The van der Waals surface area contributed by atoms with Crippen LogP contribution in [0.15, 0.2) is 12.4 Å². The number of aryl methyl sites for hydroxylation is 1. The maximum atomic E-state index is 12.6. The average Bonchev–Trinajstić information content (AvgIpc) is 2.67. The molecule has 4 rings (SSSR count). The van der Waals surface area contributed by atoms with Crippen LogP contribution < -0.4 is 20.9 Å². The predicted octanol–water partition coefficient (Wildman–Crippen LogP) is 2.82. The Bertz CT molecular complexity index is 975. The lowest BCUT2D eigenvalue weighted by Gasteiger charge is -2.37. The maximum absolute atomic E-state index is 12.6. The number of hydrogen-bond acceptors (Lipinski definition) is 8. The lowest BCUT2D eigenvalue weighted by molar-refractivity contribution is -0.141. The van der Waals surface area contributed by atoms with Crippen molar-refractivity contribution in [2.45, 2.75) is 57.4 Å². The van der Waals surface area contributed by atoms with Gasteiger partial charge in [0.1, 0.15) is 17.5 Å². The Balaban J connectivity index is 1.36. The number of aromatic nitrogens is 4. The SMILES string of the molecule is CC[C@H]1C(=O)Nc2c(C)nc(N[C@H]3C[C@@H](Nc4cnc(C(F)(F)F)cn4)C3)nc2N1C. The molecule has 0 radical (unpaired) electrons. The number of nitrogens with zero attached hydrogens (tertiary/aromatic N) is 5. The Morgan fingerprint density at radius 1 is 1.16 bits per heavy atom. The molecule has 0 aromatic carbocycles. The van der Waals surface area contributed by atoms with Crippen LogP contribution in [0, 0.1) is 6.92 Å². The van der Waals surface area contributed by atoms with Gasteiger partial charge in [-0.05, 0) is 26.2 Å². The van der Waals surface area contributed by atoms with Crippen molar-refractivity contribution in [3.63, 3.8) is 0 Å². The summed E-state index contributed by atoms with van der Waals surface area (Å²) < 4.78 is 37.7. The van der Waals surface area contributed by atoms with Crippen molar-refractivity contribution in [1.82, 2.24) is 19.9 Å². The summed E-state index contributed by atoms with van der Waals surface area (Å²) >= 11 is 0. The largest absolute Gasteiger partial charge is 0.434 e. The van der Waals surface area contributed by atoms with Crippen molar-refractivity contribution in [2.75, 3.05) is 27.9 Å². The molecule has 1 saturated carbocycles. The second-order valence-corrected chi connectivity index (χ2v) is 7.79. The molecule has 1 aliphatic heterocycles. The van der Waals surface area contributed by atoms with E-state index in [2.05, 4.69) is 35.9 Å². The first kappa shape index (κ1) is 21.1. The maximum Gasteiger partial charge on any atom is 0.434 e. The molecule has 1 atom stereocenters. The van der Waals surface area contributed by atoms with Gasteiger partial charge in [-0.15, -0.1) is 0 Å². The molecular weight excluding hydrogens is 413 g/mol. The zero-order chi connectivity index (χ0) is 22.3. The number of carbonyl (C=O) groups excluding carboxylic acids is 1. The number of amides is 1. The van der Waals surface area contributed by atoms with Crippen LogP contribution in [0.3, 0.4) is 0 Å². The number of fused-ring (bicyclic) bond motifs is 1. The molecule has 3 N–H and O–H groups in total. The average molecular weight is 436 g/mol. The summed E-state index contributed by atoms with van der Waals surface area (Å²) in [6.45, 7) is 3.77. The smallest absolute Gasteiger partial charge is 0.366 e. The molecule has 31 heavy (non-hydrogen) atoms. The van der Waals surface area contributed by atoms with Crippen molar-refractivity contribution < 1.29 is 18.0 Å². The van der Waals surface area contributed by atoms with Gasteiger partial charge in [0.05, 0.1) is 18.1 Å². The highest BCUT2D eigenvalue weighted by Gasteiger charge is 2.35. The summed E-state index contributed by atoms with van der Waals surface area (Å²) in [5, 5.41) is 9.26. The third-order valence-electron chi connectivity index (χ3n) is 5.58. The van der Waals surface area contributed by atoms with E-state index in [0.717, 1.165) is 25.2 Å². The standard InChI is InChI=1S/C19H23F3N8O/c1-4-12-17(31)28-15-9(2)25-18(29-16(15)30(12)3)27-11-5-10(6-11)26-14-8-23-13(7-24-14)19(20,21)22/h7-8,10-12H,4-6H2,1-3H3,(H,24,26)(H,28,31)(H,25,27,29)/t10-,11+,12-/m0/s1. The van der Waals surface area contributed by atoms with Crippen molar-refractivity contribution >= 4 is 29.2 Å². The van der Waals surface area contributed by atoms with Crippen LogP contribution in [0.25, 0.3) is 0 Å². The molecular formula is C19H23F3N8O. The molecule has 9 nitrogen and oxygen atoms in total. The van der Waals surface area contributed by atoms with Gasteiger partial charge in [0, 0.05) is 19.1 Å². The molecule has 0 bridgehead atoms. The second kappa shape index (κ2) is 7.82. The molecule has 0 saturated heterocycles. The van der Waals surface area contributed by atoms with E-state index in [1.165, 1.54) is 0 Å². The van der Waals surface area contributed by atoms with Crippen LogP contribution in [-0.2, 0) is 11.0 Å². The molecule has 166 valence electrons. The van der Waals surface area contributed by atoms with E-state index < -0.39 is 11.9 Å². The second-order valence-electron chi connectivity index (χ2n) is 7.79. The van der Waals surface area contributed by atoms with Crippen LogP contribution >= 0.6 is 0 Å². The van der Waals surface area contributed by atoms with Crippen molar-refractivity contribution in [3.05, 3.63) is 23.8 Å². The summed E-state index contributed by atoms with van der Waals surface area (Å²) in [6, 6.07) is -0.103. The van der Waals surface area contributed by atoms with Gasteiger partial charge in [0.2, 0.25) is 11.9 Å². The first-order chi connectivity index (χ1) is 14.7. The van der Waals surface area contributed by atoms with E-state index in [-0.39, 0.29) is 24.0 Å². The lowest BCUT2D eigenvalue weighted by Crippen LogP contribution is -2.47. The minimum absolute atomic E-state index is 0.0636. The molecule has 2 aromatic rings. The highest BCUT2D eigenvalue weighted by Crippen LogP contribution is 2.34. The molecule has 1 fully saturated rings. The van der Waals surface area contributed by atoms with E-state index in [1.54, 1.807) is 0 Å². The van der Waals surface area contributed by atoms with E-state index in [9.17, 15) is 18.0 Å². The van der Waals surface area contributed by atoms with Gasteiger partial charge in [-0.3, -0.25) is 4.79 Å². The van der Waals surface area contributed by atoms with Crippen LogP contribution in [0.1, 0.15) is 37.6 Å². The monoisotopic (exact) mass is 436 g/mol. The topological polar surface area (TPSA) is 108 Å². The number of halogens is 3. The van der Waals surface area contributed by atoms with Crippen LogP contribution in [0.2, 0.25) is 0 Å². The van der Waals surface area contributed by atoms with Crippen molar-refractivity contribution in [2.24, 2.45) is 0 Å². The van der Waals surface area contributed by atoms with Gasteiger partial charge < -0.3 is 20.9 Å². The van der Waals surface area contributed by atoms with Crippen molar-refractivity contribution in [3.8, 4) is 0 Å². The van der Waals surface area contributed by atoms with E-state index in [1.807, 2.05) is 25.8 Å². The molecule has 2 aromatic heterocycles. The molecule has 0 unspecified atom stereocenters. The Kier molecular flexibility index (Phi) is 5.31. The van der Waals surface area contributed by atoms with Gasteiger partial charge in [0.25, 0.3) is 0 Å². The fourth-order valence-corrected chi connectivity index (χ4v) is 3.81. The Labute approximate surface area is 176 Å². The molecule has 0 spiro atoms. The van der Waals surface area contributed by atoms with Gasteiger partial charge in [-0.1, -0.05) is 6.92 Å². The zero-order valence-corrected chi connectivity index (χ0v) is 17.3. The quantitative estimate of drug-likeness (QED) is 0.657. The van der Waals surface area contributed by atoms with E-state index in [0.29, 0.717) is 35.4 Å². The summed E-state index contributed by atoms with van der Waals surface area (Å²) in [6.07, 6.45) is -0.569. The fourth-order valence-electron chi connectivity index (χ4n) is 3.81. The minimum Gasteiger partial charge on any atom is -0.366 e. The molecule has 2 aliphatic rings. The van der Waals surface area contributed by atoms with Gasteiger partial charge >= 0.3 is 6.18 Å². The third-order valence-corrected chi connectivity index (χ3v) is 5.58. The fraction of sp³-hybridized carbons (Fsp3) is 0.526. The summed E-state index contributed by atoms with van der Waals surface area (Å²) in [5.74, 6) is 1.40. The molecule has 3 heterocycles. The number of anilines is 4. The normalized spacial score (nSPS) is 23.0. The van der Waals surface area contributed by atoms with E-state index in [4.69, 9.17) is 0 Å².